The molecule has 0 aliphatic rings. The monoisotopic (exact) mass is 356 g/mol. The lowest BCUT2D eigenvalue weighted by Crippen LogP contribution is -2.03. The van der Waals surface area contributed by atoms with Crippen molar-refractivity contribution in [1.82, 2.24) is 10.2 Å². The SMILES string of the molecule is Cc1ccc(CC(C#N)Sc2nnc(NCc3ccco3)s2)cc1. The highest BCUT2D eigenvalue weighted by Gasteiger charge is 2.14. The van der Waals surface area contributed by atoms with Gasteiger partial charge in [0.15, 0.2) is 4.34 Å². The number of furan rings is 1. The van der Waals surface area contributed by atoms with Gasteiger partial charge in [-0.05, 0) is 31.0 Å². The summed E-state index contributed by atoms with van der Waals surface area (Å²) >= 11 is 2.90. The number of aryl methyl sites for hydroxylation is 1. The van der Waals surface area contributed by atoms with E-state index in [1.807, 2.05) is 12.1 Å². The maximum atomic E-state index is 9.40. The fourth-order valence-corrected chi connectivity index (χ4v) is 3.99. The zero-order valence-corrected chi connectivity index (χ0v) is 14.7. The number of hydrogen-bond acceptors (Lipinski definition) is 7. The fourth-order valence-electron chi connectivity index (χ4n) is 2.08. The number of aromatic nitrogens is 2. The van der Waals surface area contributed by atoms with Crippen molar-refractivity contribution in [2.24, 2.45) is 0 Å². The summed E-state index contributed by atoms with van der Waals surface area (Å²) in [5.41, 5.74) is 2.37. The number of nitrogens with zero attached hydrogens (tertiary/aromatic N) is 3. The molecule has 24 heavy (non-hydrogen) atoms. The van der Waals surface area contributed by atoms with E-state index in [0.717, 1.165) is 20.8 Å². The van der Waals surface area contributed by atoms with Crippen LogP contribution in [0.15, 0.2) is 51.4 Å². The van der Waals surface area contributed by atoms with Crippen LogP contribution < -0.4 is 5.32 Å². The highest BCUT2D eigenvalue weighted by atomic mass is 32.2. The van der Waals surface area contributed by atoms with E-state index in [1.165, 1.54) is 28.7 Å². The molecular weight excluding hydrogens is 340 g/mol. The molecule has 1 aromatic carbocycles. The number of thioether (sulfide) groups is 1. The molecule has 0 aliphatic heterocycles. The van der Waals surface area contributed by atoms with Crippen LogP contribution in [-0.2, 0) is 13.0 Å². The van der Waals surface area contributed by atoms with Gasteiger partial charge in [0, 0.05) is 0 Å². The summed E-state index contributed by atoms with van der Waals surface area (Å²) < 4.78 is 6.05. The Balaban J connectivity index is 1.56. The summed E-state index contributed by atoms with van der Waals surface area (Å²) in [4.78, 5) is 0. The minimum Gasteiger partial charge on any atom is -0.467 e. The minimum absolute atomic E-state index is 0.182. The Morgan fingerprint density at radius 3 is 2.83 bits per heavy atom. The van der Waals surface area contributed by atoms with E-state index in [9.17, 15) is 5.26 Å². The average Bonchev–Trinajstić information content (AvgIpc) is 3.26. The molecule has 0 aliphatic carbocycles. The predicted octanol–water partition coefficient (Wildman–Crippen LogP) is 4.28. The van der Waals surface area contributed by atoms with Gasteiger partial charge in [-0.1, -0.05) is 52.9 Å². The van der Waals surface area contributed by atoms with Crippen molar-refractivity contribution < 1.29 is 4.42 Å². The maximum absolute atomic E-state index is 9.40. The lowest BCUT2D eigenvalue weighted by atomic mass is 10.1. The van der Waals surface area contributed by atoms with Gasteiger partial charge in [-0.25, -0.2) is 0 Å². The second kappa shape index (κ2) is 7.99. The predicted molar refractivity (Wildman–Crippen MR) is 96.1 cm³/mol. The molecule has 0 radical (unpaired) electrons. The lowest BCUT2D eigenvalue weighted by Gasteiger charge is -2.06. The zero-order chi connectivity index (χ0) is 16.8. The molecule has 3 rings (SSSR count). The first-order valence-electron chi connectivity index (χ1n) is 7.44. The van der Waals surface area contributed by atoms with E-state index in [4.69, 9.17) is 4.42 Å². The Hall–Kier alpha value is -2.30. The average molecular weight is 356 g/mol. The number of benzene rings is 1. The second-order valence-electron chi connectivity index (χ2n) is 5.23. The van der Waals surface area contributed by atoms with Gasteiger partial charge in [0.05, 0.1) is 18.9 Å². The van der Waals surface area contributed by atoms with Crippen molar-refractivity contribution >= 4 is 28.2 Å². The van der Waals surface area contributed by atoms with E-state index in [2.05, 4.69) is 52.8 Å². The van der Waals surface area contributed by atoms with E-state index >= 15 is 0 Å². The number of rotatable bonds is 7. The first-order valence-corrected chi connectivity index (χ1v) is 9.14. The minimum atomic E-state index is -0.182. The first-order chi connectivity index (χ1) is 11.7. The van der Waals surface area contributed by atoms with Crippen LogP contribution in [0.3, 0.4) is 0 Å². The molecule has 0 saturated heterocycles. The highest BCUT2D eigenvalue weighted by molar-refractivity contribution is 8.01. The molecule has 2 heterocycles. The van der Waals surface area contributed by atoms with Crippen molar-refractivity contribution in [3.05, 3.63) is 59.5 Å². The molecule has 7 heteroatoms. The Kier molecular flexibility index (Phi) is 5.51. The highest BCUT2D eigenvalue weighted by Crippen LogP contribution is 2.30. The van der Waals surface area contributed by atoms with Crippen LogP contribution in [-0.4, -0.2) is 15.4 Å². The van der Waals surface area contributed by atoms with E-state index in [0.29, 0.717) is 13.0 Å². The topological polar surface area (TPSA) is 74.7 Å². The summed E-state index contributed by atoms with van der Waals surface area (Å²) in [7, 11) is 0. The molecule has 122 valence electrons. The summed E-state index contributed by atoms with van der Waals surface area (Å²) in [5, 5.41) is 21.4. The van der Waals surface area contributed by atoms with E-state index in [-0.39, 0.29) is 5.25 Å². The second-order valence-corrected chi connectivity index (χ2v) is 7.66. The first kappa shape index (κ1) is 16.6. The molecule has 0 amide bonds. The van der Waals surface area contributed by atoms with Crippen LogP contribution >= 0.6 is 23.1 Å². The Morgan fingerprint density at radius 1 is 1.29 bits per heavy atom. The van der Waals surface area contributed by atoms with Gasteiger partial charge >= 0.3 is 0 Å². The number of hydrogen-bond donors (Lipinski definition) is 1. The van der Waals surface area contributed by atoms with Crippen molar-refractivity contribution in [2.45, 2.75) is 29.5 Å². The van der Waals surface area contributed by atoms with Gasteiger partial charge in [0.25, 0.3) is 0 Å². The molecule has 2 aromatic heterocycles. The third-order valence-corrected chi connectivity index (χ3v) is 5.38. The standard InChI is InChI=1S/C17H16N4OS2/c1-12-4-6-13(7-5-12)9-15(10-18)23-17-21-20-16(24-17)19-11-14-3-2-8-22-14/h2-8,15H,9,11H2,1H3,(H,19,20). The lowest BCUT2D eigenvalue weighted by molar-refractivity contribution is 0.518. The van der Waals surface area contributed by atoms with Crippen LogP contribution in [0.25, 0.3) is 0 Å². The molecule has 3 aromatic rings. The Morgan fingerprint density at radius 2 is 2.12 bits per heavy atom. The van der Waals surface area contributed by atoms with Gasteiger partial charge in [-0.3, -0.25) is 0 Å². The number of nitrogens with one attached hydrogen (secondary N) is 1. The van der Waals surface area contributed by atoms with E-state index < -0.39 is 0 Å². The van der Waals surface area contributed by atoms with Crippen LogP contribution in [0, 0.1) is 18.3 Å². The molecule has 1 unspecified atom stereocenters. The van der Waals surface area contributed by atoms with Gasteiger partial charge in [0.2, 0.25) is 5.13 Å². The number of anilines is 1. The van der Waals surface area contributed by atoms with Crippen molar-refractivity contribution in [3.8, 4) is 6.07 Å². The van der Waals surface area contributed by atoms with Gasteiger partial charge in [-0.15, -0.1) is 10.2 Å². The normalized spacial score (nSPS) is 11.8. The Labute approximate surface area is 148 Å². The van der Waals surface area contributed by atoms with Crippen molar-refractivity contribution in [1.29, 1.82) is 5.26 Å². The molecule has 5 nitrogen and oxygen atoms in total. The smallest absolute Gasteiger partial charge is 0.206 e. The summed E-state index contributed by atoms with van der Waals surface area (Å²) in [6.45, 7) is 2.62. The van der Waals surface area contributed by atoms with Crippen LogP contribution in [0.4, 0.5) is 5.13 Å². The zero-order valence-electron chi connectivity index (χ0n) is 13.1. The Bertz CT molecular complexity index is 806. The van der Waals surface area contributed by atoms with Crippen LogP contribution in [0.5, 0.6) is 0 Å². The van der Waals surface area contributed by atoms with Gasteiger partial charge in [-0.2, -0.15) is 5.26 Å². The van der Waals surface area contributed by atoms with Gasteiger partial charge < -0.3 is 9.73 Å². The molecular formula is C17H16N4OS2. The molecule has 0 fully saturated rings. The summed E-state index contributed by atoms with van der Waals surface area (Å²) in [6.07, 6.45) is 2.33. The van der Waals surface area contributed by atoms with Crippen LogP contribution in [0.2, 0.25) is 0 Å². The van der Waals surface area contributed by atoms with Crippen LogP contribution in [0.1, 0.15) is 16.9 Å². The molecule has 0 spiro atoms. The quantitative estimate of drug-likeness (QED) is 0.637. The van der Waals surface area contributed by atoms with E-state index in [1.54, 1.807) is 6.26 Å². The molecule has 0 bridgehead atoms. The third-order valence-electron chi connectivity index (χ3n) is 3.33. The summed E-state index contributed by atoms with van der Waals surface area (Å²) in [5.74, 6) is 0.841. The van der Waals surface area contributed by atoms with Gasteiger partial charge in [0.1, 0.15) is 11.0 Å². The largest absolute Gasteiger partial charge is 0.467 e. The summed E-state index contributed by atoms with van der Waals surface area (Å²) in [6, 6.07) is 14.4. The van der Waals surface area contributed by atoms with Crippen molar-refractivity contribution in [3.63, 3.8) is 0 Å². The molecule has 1 N–H and O–H groups in total. The fraction of sp³-hybridized carbons (Fsp3) is 0.235. The molecule has 1 atom stereocenters. The third kappa shape index (κ3) is 4.60. The van der Waals surface area contributed by atoms with Crippen molar-refractivity contribution in [2.75, 3.05) is 5.32 Å². The number of nitriles is 1. The maximum Gasteiger partial charge on any atom is 0.206 e. The molecule has 0 saturated carbocycles.